The molecule has 1 aliphatic heterocycles. The number of ether oxygens (including phenoxy) is 1. The zero-order chi connectivity index (χ0) is 15.9. The van der Waals surface area contributed by atoms with Gasteiger partial charge in [0.25, 0.3) is 0 Å². The van der Waals surface area contributed by atoms with E-state index in [4.69, 9.17) is 13.7 Å². The summed E-state index contributed by atoms with van der Waals surface area (Å²) in [6.07, 6.45) is 3.06. The summed E-state index contributed by atoms with van der Waals surface area (Å²) < 4.78 is 43.2. The Morgan fingerprint density at radius 3 is 3.00 bits per heavy atom. The van der Waals surface area contributed by atoms with E-state index in [2.05, 4.69) is 9.88 Å². The standard InChI is InChI=1S/C15H12N2O5S/c18-23(19,17-8-11-2-1-5-20-11)12-3-4-14-13(6-12)15-10(9-21-14)7-16-22-15/h1-7,17H,8-9H2. The first-order valence-electron chi connectivity index (χ1n) is 6.86. The fraction of sp³-hybridized carbons (Fsp3) is 0.133. The molecule has 8 heteroatoms. The first kappa shape index (κ1) is 14.0. The van der Waals surface area contributed by atoms with Crippen LogP contribution in [0.2, 0.25) is 0 Å². The molecule has 0 amide bonds. The molecule has 0 bridgehead atoms. The number of furan rings is 1. The van der Waals surface area contributed by atoms with Gasteiger partial charge in [0.15, 0.2) is 5.76 Å². The lowest BCUT2D eigenvalue weighted by Crippen LogP contribution is -2.23. The SMILES string of the molecule is O=S(=O)(NCc1ccco1)c1ccc2c(c1)-c1oncc1CO2. The second-order valence-corrected chi connectivity index (χ2v) is 6.80. The van der Waals surface area contributed by atoms with E-state index in [0.29, 0.717) is 29.4 Å². The Labute approximate surface area is 131 Å². The molecule has 0 atom stereocenters. The summed E-state index contributed by atoms with van der Waals surface area (Å²) in [4.78, 5) is 0.121. The van der Waals surface area contributed by atoms with E-state index >= 15 is 0 Å². The second-order valence-electron chi connectivity index (χ2n) is 5.03. The van der Waals surface area contributed by atoms with Crippen molar-refractivity contribution in [2.24, 2.45) is 0 Å². The van der Waals surface area contributed by atoms with Crippen molar-refractivity contribution in [3.05, 3.63) is 54.1 Å². The molecule has 3 heterocycles. The van der Waals surface area contributed by atoms with Crippen molar-refractivity contribution < 1.29 is 22.1 Å². The van der Waals surface area contributed by atoms with Gasteiger partial charge in [0.2, 0.25) is 10.0 Å². The molecule has 0 saturated carbocycles. The highest BCUT2D eigenvalue weighted by molar-refractivity contribution is 7.89. The van der Waals surface area contributed by atoms with Gasteiger partial charge in [-0.15, -0.1) is 0 Å². The fourth-order valence-corrected chi connectivity index (χ4v) is 3.40. The van der Waals surface area contributed by atoms with Gasteiger partial charge in [0.1, 0.15) is 18.1 Å². The van der Waals surface area contributed by atoms with Crippen LogP contribution in [0.25, 0.3) is 11.3 Å². The lowest BCUT2D eigenvalue weighted by atomic mass is 10.1. The zero-order valence-corrected chi connectivity index (χ0v) is 12.7. The molecule has 0 spiro atoms. The molecular weight excluding hydrogens is 320 g/mol. The Balaban J connectivity index is 1.66. The fourth-order valence-electron chi connectivity index (χ4n) is 2.38. The van der Waals surface area contributed by atoms with Crippen molar-refractivity contribution in [3.63, 3.8) is 0 Å². The van der Waals surface area contributed by atoms with Gasteiger partial charge < -0.3 is 13.7 Å². The number of rotatable bonds is 4. The molecule has 0 aliphatic carbocycles. The molecule has 2 aromatic heterocycles. The normalized spacial score (nSPS) is 13.2. The minimum Gasteiger partial charge on any atom is -0.488 e. The summed E-state index contributed by atoms with van der Waals surface area (Å²) in [5.74, 6) is 1.64. The van der Waals surface area contributed by atoms with Crippen LogP contribution in [0, 0.1) is 0 Å². The Bertz CT molecular complexity index is 944. The lowest BCUT2D eigenvalue weighted by Gasteiger charge is -2.16. The highest BCUT2D eigenvalue weighted by Gasteiger charge is 2.24. The van der Waals surface area contributed by atoms with Crippen LogP contribution in [0.15, 0.2) is 56.6 Å². The molecule has 0 radical (unpaired) electrons. The minimum atomic E-state index is -3.68. The van der Waals surface area contributed by atoms with E-state index in [1.54, 1.807) is 24.4 Å². The molecule has 23 heavy (non-hydrogen) atoms. The van der Waals surface area contributed by atoms with E-state index in [-0.39, 0.29) is 11.4 Å². The first-order chi connectivity index (χ1) is 11.1. The number of hydrogen-bond acceptors (Lipinski definition) is 6. The Morgan fingerprint density at radius 2 is 2.17 bits per heavy atom. The third-order valence-corrected chi connectivity index (χ3v) is 4.95. The number of hydrogen-bond donors (Lipinski definition) is 1. The van der Waals surface area contributed by atoms with Crippen LogP contribution >= 0.6 is 0 Å². The van der Waals surface area contributed by atoms with Gasteiger partial charge in [0.05, 0.1) is 35.0 Å². The molecule has 118 valence electrons. The van der Waals surface area contributed by atoms with E-state index in [9.17, 15) is 8.42 Å². The molecule has 0 fully saturated rings. The molecule has 7 nitrogen and oxygen atoms in total. The van der Waals surface area contributed by atoms with Gasteiger partial charge in [-0.2, -0.15) is 0 Å². The molecule has 3 aromatic rings. The Morgan fingerprint density at radius 1 is 1.26 bits per heavy atom. The van der Waals surface area contributed by atoms with Crippen molar-refractivity contribution in [3.8, 4) is 17.1 Å². The summed E-state index contributed by atoms with van der Waals surface area (Å²) in [6.45, 7) is 0.436. The smallest absolute Gasteiger partial charge is 0.241 e. The Hall–Kier alpha value is -2.58. The summed E-state index contributed by atoms with van der Waals surface area (Å²) in [5, 5.41) is 3.73. The van der Waals surface area contributed by atoms with Crippen molar-refractivity contribution in [2.75, 3.05) is 0 Å². The number of aromatic nitrogens is 1. The van der Waals surface area contributed by atoms with Crippen LogP contribution in [-0.2, 0) is 23.2 Å². The molecule has 1 N–H and O–H groups in total. The average molecular weight is 332 g/mol. The Kier molecular flexibility index (Phi) is 3.21. The van der Waals surface area contributed by atoms with Gasteiger partial charge in [-0.3, -0.25) is 0 Å². The quantitative estimate of drug-likeness (QED) is 0.788. The average Bonchev–Trinajstić information content (AvgIpc) is 3.23. The summed E-state index contributed by atoms with van der Waals surface area (Å²) in [6, 6.07) is 8.02. The van der Waals surface area contributed by atoms with E-state index in [1.165, 1.54) is 18.4 Å². The van der Waals surface area contributed by atoms with E-state index < -0.39 is 10.0 Å². The highest BCUT2D eigenvalue weighted by atomic mass is 32.2. The van der Waals surface area contributed by atoms with Gasteiger partial charge >= 0.3 is 0 Å². The zero-order valence-electron chi connectivity index (χ0n) is 11.9. The first-order valence-corrected chi connectivity index (χ1v) is 8.34. The van der Waals surface area contributed by atoms with Crippen molar-refractivity contribution in [2.45, 2.75) is 18.0 Å². The lowest BCUT2D eigenvalue weighted by molar-refractivity contribution is 0.297. The number of benzene rings is 1. The molecule has 4 rings (SSSR count). The summed E-state index contributed by atoms with van der Waals surface area (Å²) >= 11 is 0. The van der Waals surface area contributed by atoms with Gasteiger partial charge in [-0.1, -0.05) is 5.16 Å². The summed E-state index contributed by atoms with van der Waals surface area (Å²) in [5.41, 5.74) is 1.36. The highest BCUT2D eigenvalue weighted by Crippen LogP contribution is 2.38. The molecule has 1 aromatic carbocycles. The number of nitrogens with zero attached hydrogens (tertiary/aromatic N) is 1. The van der Waals surface area contributed by atoms with Crippen LogP contribution in [-0.4, -0.2) is 13.6 Å². The van der Waals surface area contributed by atoms with Crippen LogP contribution in [0.4, 0.5) is 0 Å². The topological polar surface area (TPSA) is 94.6 Å². The molecule has 1 aliphatic rings. The van der Waals surface area contributed by atoms with Crippen LogP contribution in [0.1, 0.15) is 11.3 Å². The molecular formula is C15H12N2O5S. The van der Waals surface area contributed by atoms with Crippen molar-refractivity contribution in [1.82, 2.24) is 9.88 Å². The molecule has 0 unspecified atom stereocenters. The number of nitrogens with one attached hydrogen (secondary N) is 1. The third-order valence-electron chi connectivity index (χ3n) is 3.55. The van der Waals surface area contributed by atoms with Gasteiger partial charge in [0, 0.05) is 0 Å². The van der Waals surface area contributed by atoms with Crippen LogP contribution in [0.3, 0.4) is 0 Å². The number of sulfonamides is 1. The van der Waals surface area contributed by atoms with Crippen molar-refractivity contribution in [1.29, 1.82) is 0 Å². The van der Waals surface area contributed by atoms with Gasteiger partial charge in [-0.25, -0.2) is 13.1 Å². The van der Waals surface area contributed by atoms with Gasteiger partial charge in [-0.05, 0) is 30.3 Å². The predicted molar refractivity (Wildman–Crippen MR) is 79.0 cm³/mol. The summed E-state index contributed by atoms with van der Waals surface area (Å²) in [7, 11) is -3.68. The van der Waals surface area contributed by atoms with Crippen LogP contribution in [0.5, 0.6) is 5.75 Å². The van der Waals surface area contributed by atoms with Crippen molar-refractivity contribution >= 4 is 10.0 Å². The predicted octanol–water partition coefficient (Wildman–Crippen LogP) is 2.31. The molecule has 0 saturated heterocycles. The maximum Gasteiger partial charge on any atom is 0.241 e. The second kappa shape index (κ2) is 5.25. The monoisotopic (exact) mass is 332 g/mol. The maximum atomic E-state index is 12.4. The van der Waals surface area contributed by atoms with Crippen LogP contribution < -0.4 is 9.46 Å². The maximum absolute atomic E-state index is 12.4. The third kappa shape index (κ3) is 2.51. The number of fused-ring (bicyclic) bond motifs is 3. The minimum absolute atomic E-state index is 0.0798. The van der Waals surface area contributed by atoms with E-state index in [1.807, 2.05) is 0 Å². The largest absolute Gasteiger partial charge is 0.488 e. The van der Waals surface area contributed by atoms with E-state index in [0.717, 1.165) is 5.56 Å².